The van der Waals surface area contributed by atoms with Crippen LogP contribution in [0.1, 0.15) is 34.1 Å². The normalized spacial score (nSPS) is 13.3. The number of carbonyl (C=O) groups excluding carboxylic acids is 1. The maximum absolute atomic E-state index is 10.5. The van der Waals surface area contributed by atoms with Gasteiger partial charge in [0.05, 0.1) is 0 Å². The van der Waals surface area contributed by atoms with E-state index in [1.54, 1.807) is 0 Å². The van der Waals surface area contributed by atoms with Crippen LogP contribution in [0.5, 0.6) is 0 Å². The second-order valence-electron chi connectivity index (χ2n) is 2.80. The van der Waals surface area contributed by atoms with Crippen molar-refractivity contribution in [3.8, 4) is 0 Å². The highest BCUT2D eigenvalue weighted by molar-refractivity contribution is 5.66. The van der Waals surface area contributed by atoms with Crippen LogP contribution in [-0.4, -0.2) is 12.1 Å². The Hall–Kier alpha value is -0.530. The first-order valence-corrected chi connectivity index (χ1v) is 3.75. The molecule has 10 heavy (non-hydrogen) atoms. The topological polar surface area (TPSA) is 26.3 Å². The maximum Gasteiger partial charge on any atom is 0.302 e. The Balaban J connectivity index is 3.71. The Morgan fingerprint density at radius 3 is 2.10 bits per heavy atom. The van der Waals surface area contributed by atoms with E-state index in [0.717, 1.165) is 6.42 Å². The Kier molecular flexibility index (Phi) is 4.08. The van der Waals surface area contributed by atoms with Crippen molar-refractivity contribution >= 4 is 5.97 Å². The van der Waals surface area contributed by atoms with Crippen LogP contribution in [0, 0.1) is 5.92 Å². The third-order valence-corrected chi connectivity index (χ3v) is 1.46. The van der Waals surface area contributed by atoms with Gasteiger partial charge in [0.1, 0.15) is 6.10 Å². The first-order chi connectivity index (χ1) is 4.57. The molecule has 2 heteroatoms. The summed E-state index contributed by atoms with van der Waals surface area (Å²) in [5.41, 5.74) is 0. The SMILES string of the molecule is CC[C@H](OC(C)=O)C(C)C. The first kappa shape index (κ1) is 9.47. The van der Waals surface area contributed by atoms with Crippen molar-refractivity contribution in [3.05, 3.63) is 0 Å². The molecule has 0 aromatic rings. The fourth-order valence-electron chi connectivity index (χ4n) is 0.904. The van der Waals surface area contributed by atoms with Crippen LogP contribution in [0.15, 0.2) is 0 Å². The highest BCUT2D eigenvalue weighted by Gasteiger charge is 2.12. The van der Waals surface area contributed by atoms with E-state index >= 15 is 0 Å². The number of hydrogen-bond acceptors (Lipinski definition) is 2. The zero-order valence-corrected chi connectivity index (χ0v) is 7.18. The van der Waals surface area contributed by atoms with Crippen molar-refractivity contribution in [2.24, 2.45) is 5.92 Å². The van der Waals surface area contributed by atoms with E-state index in [-0.39, 0.29) is 12.1 Å². The fraction of sp³-hybridized carbons (Fsp3) is 0.875. The van der Waals surface area contributed by atoms with Crippen LogP contribution in [0.2, 0.25) is 0 Å². The second-order valence-corrected chi connectivity index (χ2v) is 2.80. The Morgan fingerprint density at radius 2 is 2.00 bits per heavy atom. The van der Waals surface area contributed by atoms with Crippen molar-refractivity contribution in [1.82, 2.24) is 0 Å². The zero-order chi connectivity index (χ0) is 8.15. The average Bonchev–Trinajstić information content (AvgIpc) is 1.81. The molecule has 0 unspecified atom stereocenters. The van der Waals surface area contributed by atoms with E-state index in [1.165, 1.54) is 6.92 Å². The van der Waals surface area contributed by atoms with Gasteiger partial charge in [0.15, 0.2) is 0 Å². The molecule has 0 saturated heterocycles. The van der Waals surface area contributed by atoms with Gasteiger partial charge in [-0.25, -0.2) is 0 Å². The summed E-state index contributed by atoms with van der Waals surface area (Å²) in [7, 11) is 0. The smallest absolute Gasteiger partial charge is 0.302 e. The van der Waals surface area contributed by atoms with Crippen LogP contribution in [-0.2, 0) is 9.53 Å². The van der Waals surface area contributed by atoms with E-state index in [9.17, 15) is 4.79 Å². The summed E-state index contributed by atoms with van der Waals surface area (Å²) >= 11 is 0. The third kappa shape index (κ3) is 3.49. The minimum Gasteiger partial charge on any atom is -0.462 e. The van der Waals surface area contributed by atoms with E-state index in [4.69, 9.17) is 4.74 Å². The number of ether oxygens (including phenoxy) is 1. The highest BCUT2D eigenvalue weighted by Crippen LogP contribution is 2.09. The number of esters is 1. The molecule has 0 heterocycles. The summed E-state index contributed by atoms with van der Waals surface area (Å²) in [5.74, 6) is 0.245. The van der Waals surface area contributed by atoms with Crippen LogP contribution in [0.25, 0.3) is 0 Å². The summed E-state index contributed by atoms with van der Waals surface area (Å²) in [6.45, 7) is 7.58. The van der Waals surface area contributed by atoms with E-state index < -0.39 is 0 Å². The maximum atomic E-state index is 10.5. The zero-order valence-electron chi connectivity index (χ0n) is 7.18. The number of carbonyl (C=O) groups is 1. The molecule has 0 aliphatic heterocycles. The summed E-state index contributed by atoms with van der Waals surface area (Å²) in [5, 5.41) is 0. The van der Waals surface area contributed by atoms with Crippen LogP contribution >= 0.6 is 0 Å². The molecule has 0 aliphatic rings. The Labute approximate surface area is 62.6 Å². The minimum atomic E-state index is -0.180. The standard InChI is InChI=1S/C8H16O2/c1-5-8(6(2)3)10-7(4)9/h6,8H,5H2,1-4H3/t8-/m0/s1. The van der Waals surface area contributed by atoms with Gasteiger partial charge in [-0.05, 0) is 12.3 Å². The fourth-order valence-corrected chi connectivity index (χ4v) is 0.904. The monoisotopic (exact) mass is 144 g/mol. The lowest BCUT2D eigenvalue weighted by Crippen LogP contribution is -2.21. The van der Waals surface area contributed by atoms with Gasteiger partial charge in [-0.3, -0.25) is 4.79 Å². The summed E-state index contributed by atoms with van der Waals surface area (Å²) in [6.07, 6.45) is 0.995. The lowest BCUT2D eigenvalue weighted by atomic mass is 10.1. The third-order valence-electron chi connectivity index (χ3n) is 1.46. The molecule has 0 rings (SSSR count). The number of hydrogen-bond donors (Lipinski definition) is 0. The van der Waals surface area contributed by atoms with E-state index in [1.807, 2.05) is 6.92 Å². The van der Waals surface area contributed by atoms with E-state index in [0.29, 0.717) is 5.92 Å². The van der Waals surface area contributed by atoms with Crippen molar-refractivity contribution in [3.63, 3.8) is 0 Å². The van der Waals surface area contributed by atoms with Gasteiger partial charge in [0.25, 0.3) is 0 Å². The molecule has 0 aliphatic carbocycles. The van der Waals surface area contributed by atoms with Gasteiger partial charge in [-0.15, -0.1) is 0 Å². The molecular formula is C8H16O2. The molecule has 0 fully saturated rings. The van der Waals surface area contributed by atoms with Crippen molar-refractivity contribution in [2.45, 2.75) is 40.2 Å². The van der Waals surface area contributed by atoms with Crippen molar-refractivity contribution in [1.29, 1.82) is 0 Å². The minimum absolute atomic E-state index is 0.0949. The molecule has 0 aromatic carbocycles. The van der Waals surface area contributed by atoms with Gasteiger partial charge >= 0.3 is 5.97 Å². The van der Waals surface area contributed by atoms with E-state index in [2.05, 4.69) is 13.8 Å². The highest BCUT2D eigenvalue weighted by atomic mass is 16.5. The molecule has 2 nitrogen and oxygen atoms in total. The van der Waals surface area contributed by atoms with Crippen molar-refractivity contribution < 1.29 is 9.53 Å². The summed E-state index contributed by atoms with van der Waals surface area (Å²) in [6, 6.07) is 0. The molecule has 0 saturated carbocycles. The molecule has 0 spiro atoms. The van der Waals surface area contributed by atoms with Gasteiger partial charge in [-0.1, -0.05) is 20.8 Å². The second kappa shape index (κ2) is 4.31. The number of rotatable bonds is 3. The molecule has 0 amide bonds. The lowest BCUT2D eigenvalue weighted by molar-refractivity contribution is -0.148. The molecule has 0 radical (unpaired) electrons. The largest absolute Gasteiger partial charge is 0.462 e. The Bertz CT molecular complexity index is 108. The lowest BCUT2D eigenvalue weighted by Gasteiger charge is -2.18. The Morgan fingerprint density at radius 1 is 1.50 bits per heavy atom. The predicted octanol–water partition coefficient (Wildman–Crippen LogP) is 1.98. The summed E-state index contributed by atoms with van der Waals surface area (Å²) < 4.78 is 5.02. The van der Waals surface area contributed by atoms with Gasteiger partial charge in [0, 0.05) is 6.92 Å². The van der Waals surface area contributed by atoms with Crippen LogP contribution in [0.3, 0.4) is 0 Å². The van der Waals surface area contributed by atoms with Crippen LogP contribution in [0.4, 0.5) is 0 Å². The van der Waals surface area contributed by atoms with Gasteiger partial charge < -0.3 is 4.74 Å². The average molecular weight is 144 g/mol. The molecule has 0 aromatic heterocycles. The molecule has 60 valence electrons. The van der Waals surface area contributed by atoms with Gasteiger partial charge in [-0.2, -0.15) is 0 Å². The van der Waals surface area contributed by atoms with Gasteiger partial charge in [0.2, 0.25) is 0 Å². The summed E-state index contributed by atoms with van der Waals surface area (Å²) in [4.78, 5) is 10.5. The molecule has 0 N–H and O–H groups in total. The molecule has 1 atom stereocenters. The quantitative estimate of drug-likeness (QED) is 0.566. The molecule has 0 bridgehead atoms. The first-order valence-electron chi connectivity index (χ1n) is 3.75. The van der Waals surface area contributed by atoms with Crippen LogP contribution < -0.4 is 0 Å². The molecular weight excluding hydrogens is 128 g/mol. The predicted molar refractivity (Wildman–Crippen MR) is 40.7 cm³/mol. The van der Waals surface area contributed by atoms with Crippen molar-refractivity contribution in [2.75, 3.05) is 0 Å².